The van der Waals surface area contributed by atoms with E-state index in [2.05, 4.69) is 17.2 Å². The lowest BCUT2D eigenvalue weighted by molar-refractivity contribution is -0.113. The molecule has 5 nitrogen and oxygen atoms in total. The van der Waals surface area contributed by atoms with E-state index in [1.165, 1.54) is 17.3 Å². The van der Waals surface area contributed by atoms with Crippen LogP contribution in [-0.4, -0.2) is 28.2 Å². The highest BCUT2D eigenvalue weighted by atomic mass is 32.2. The van der Waals surface area contributed by atoms with Gasteiger partial charge in [0.15, 0.2) is 0 Å². The number of methoxy groups -OCH3 is 1. The van der Waals surface area contributed by atoms with Crippen LogP contribution in [0.15, 0.2) is 48.8 Å². The number of carbonyl (C=O) groups excluding carboxylic acids is 1. The lowest BCUT2D eigenvalue weighted by Crippen LogP contribution is -2.14. The summed E-state index contributed by atoms with van der Waals surface area (Å²) in [6, 6.07) is 11.4. The zero-order chi connectivity index (χ0) is 16.9. The highest BCUT2D eigenvalue weighted by Crippen LogP contribution is 2.23. The number of anilines is 1. The average molecular weight is 341 g/mol. The fraction of sp³-hybridized carbons (Fsp3) is 0.222. The number of aromatic nitrogens is 2. The molecular weight excluding hydrogens is 322 g/mol. The third-order valence-electron chi connectivity index (χ3n) is 3.51. The van der Waals surface area contributed by atoms with Gasteiger partial charge in [0.05, 0.1) is 24.2 Å². The van der Waals surface area contributed by atoms with Crippen molar-refractivity contribution in [1.29, 1.82) is 0 Å². The maximum Gasteiger partial charge on any atom is 0.234 e. The van der Waals surface area contributed by atoms with Gasteiger partial charge >= 0.3 is 0 Å². The molecule has 0 aliphatic heterocycles. The van der Waals surface area contributed by atoms with Crippen LogP contribution in [0.3, 0.4) is 0 Å². The zero-order valence-corrected chi connectivity index (χ0v) is 14.5. The smallest absolute Gasteiger partial charge is 0.234 e. The second-order valence-corrected chi connectivity index (χ2v) is 6.43. The summed E-state index contributed by atoms with van der Waals surface area (Å²) in [5.41, 5.74) is 3.77. The van der Waals surface area contributed by atoms with Crippen molar-refractivity contribution in [2.45, 2.75) is 12.7 Å². The van der Waals surface area contributed by atoms with Gasteiger partial charge < -0.3 is 14.5 Å². The minimum Gasteiger partial charge on any atom is -0.495 e. The van der Waals surface area contributed by atoms with Gasteiger partial charge in [0.2, 0.25) is 5.91 Å². The molecule has 0 saturated carbocycles. The van der Waals surface area contributed by atoms with Crippen LogP contribution in [0.2, 0.25) is 0 Å². The molecule has 0 atom stereocenters. The van der Waals surface area contributed by atoms with Crippen molar-refractivity contribution in [3.63, 3.8) is 0 Å². The van der Waals surface area contributed by atoms with Gasteiger partial charge in [-0.2, -0.15) is 0 Å². The van der Waals surface area contributed by atoms with E-state index in [1.807, 2.05) is 53.2 Å². The normalized spacial score (nSPS) is 10.8. The van der Waals surface area contributed by atoms with Gasteiger partial charge in [0.1, 0.15) is 11.4 Å². The van der Waals surface area contributed by atoms with E-state index in [9.17, 15) is 4.79 Å². The second-order valence-electron chi connectivity index (χ2n) is 5.45. The van der Waals surface area contributed by atoms with Crippen LogP contribution in [0.4, 0.5) is 5.69 Å². The number of benzene rings is 1. The van der Waals surface area contributed by atoms with E-state index in [4.69, 9.17) is 4.74 Å². The van der Waals surface area contributed by atoms with E-state index >= 15 is 0 Å². The summed E-state index contributed by atoms with van der Waals surface area (Å²) in [4.78, 5) is 16.6. The Hall–Kier alpha value is -2.47. The maximum absolute atomic E-state index is 12.1. The van der Waals surface area contributed by atoms with Crippen LogP contribution in [0.1, 0.15) is 11.3 Å². The Labute approximate surface area is 145 Å². The quantitative estimate of drug-likeness (QED) is 0.745. The molecule has 0 spiro atoms. The van der Waals surface area contributed by atoms with Gasteiger partial charge in [0, 0.05) is 18.1 Å². The average Bonchev–Trinajstić information content (AvgIpc) is 2.97. The number of imidazole rings is 1. The zero-order valence-electron chi connectivity index (χ0n) is 13.7. The number of pyridine rings is 1. The largest absolute Gasteiger partial charge is 0.495 e. The van der Waals surface area contributed by atoms with E-state index in [0.717, 1.165) is 11.3 Å². The van der Waals surface area contributed by atoms with E-state index in [1.54, 1.807) is 7.11 Å². The molecule has 0 aliphatic rings. The van der Waals surface area contributed by atoms with Crippen molar-refractivity contribution in [2.24, 2.45) is 0 Å². The molecule has 0 saturated heterocycles. The van der Waals surface area contributed by atoms with Crippen LogP contribution in [0.5, 0.6) is 5.75 Å². The van der Waals surface area contributed by atoms with Gasteiger partial charge in [-0.1, -0.05) is 18.2 Å². The monoisotopic (exact) mass is 341 g/mol. The number of ether oxygens (including phenoxy) is 1. The Morgan fingerprint density at radius 2 is 2.08 bits per heavy atom. The molecule has 0 radical (unpaired) electrons. The highest BCUT2D eigenvalue weighted by Gasteiger charge is 2.08. The Balaban J connectivity index is 1.54. The Kier molecular flexibility index (Phi) is 5.05. The predicted molar refractivity (Wildman–Crippen MR) is 97.7 cm³/mol. The number of para-hydroxylation sites is 2. The standard InChI is InChI=1S/C18H19N3O2S/c1-13-7-8-17-19-14(10-21(17)9-13)11-24-12-18(22)20-15-5-3-4-6-16(15)23-2/h3-10H,11-12H2,1-2H3,(H,20,22). The number of fused-ring (bicyclic) bond motifs is 1. The number of amides is 1. The summed E-state index contributed by atoms with van der Waals surface area (Å²) < 4.78 is 7.24. The van der Waals surface area contributed by atoms with Crippen molar-refractivity contribution >= 4 is 29.0 Å². The molecule has 3 aromatic rings. The number of carbonyl (C=O) groups is 1. The third kappa shape index (κ3) is 3.89. The summed E-state index contributed by atoms with van der Waals surface area (Å²) >= 11 is 1.54. The first-order valence-corrected chi connectivity index (χ1v) is 8.76. The first kappa shape index (κ1) is 16.4. The summed E-state index contributed by atoms with van der Waals surface area (Å²) in [5.74, 6) is 1.67. The maximum atomic E-state index is 12.1. The number of hydrogen-bond acceptors (Lipinski definition) is 4. The molecule has 24 heavy (non-hydrogen) atoms. The fourth-order valence-corrected chi connectivity index (χ4v) is 3.12. The van der Waals surface area contributed by atoms with Gasteiger partial charge in [0.25, 0.3) is 0 Å². The van der Waals surface area contributed by atoms with Gasteiger partial charge in [-0.25, -0.2) is 4.98 Å². The molecule has 0 fully saturated rings. The van der Waals surface area contributed by atoms with Crippen LogP contribution in [-0.2, 0) is 10.5 Å². The first-order valence-electron chi connectivity index (χ1n) is 7.60. The van der Waals surface area contributed by atoms with Gasteiger partial charge in [-0.15, -0.1) is 11.8 Å². The van der Waals surface area contributed by atoms with Gasteiger partial charge in [-0.05, 0) is 30.7 Å². The van der Waals surface area contributed by atoms with Crippen LogP contribution < -0.4 is 10.1 Å². The topological polar surface area (TPSA) is 55.6 Å². The van der Waals surface area contributed by atoms with Crippen molar-refractivity contribution in [1.82, 2.24) is 9.38 Å². The van der Waals surface area contributed by atoms with Crippen molar-refractivity contribution in [3.8, 4) is 5.75 Å². The highest BCUT2D eigenvalue weighted by molar-refractivity contribution is 7.99. The first-order chi connectivity index (χ1) is 11.7. The predicted octanol–water partition coefficient (Wildman–Crippen LogP) is 3.52. The Bertz CT molecular complexity index is 860. The van der Waals surface area contributed by atoms with Crippen molar-refractivity contribution in [2.75, 3.05) is 18.2 Å². The second kappa shape index (κ2) is 7.40. The Morgan fingerprint density at radius 3 is 2.92 bits per heavy atom. The van der Waals surface area contributed by atoms with E-state index in [-0.39, 0.29) is 5.91 Å². The Morgan fingerprint density at radius 1 is 1.25 bits per heavy atom. The lowest BCUT2D eigenvalue weighted by atomic mass is 10.3. The van der Waals surface area contributed by atoms with Crippen LogP contribution in [0.25, 0.3) is 5.65 Å². The molecule has 1 N–H and O–H groups in total. The molecule has 6 heteroatoms. The molecule has 2 aromatic heterocycles. The SMILES string of the molecule is COc1ccccc1NC(=O)CSCc1cn2cc(C)ccc2n1. The molecule has 2 heterocycles. The van der Waals surface area contributed by atoms with Gasteiger partial charge in [-0.3, -0.25) is 4.79 Å². The molecule has 1 amide bonds. The molecule has 0 unspecified atom stereocenters. The summed E-state index contributed by atoms with van der Waals surface area (Å²) in [6.07, 6.45) is 4.05. The third-order valence-corrected chi connectivity index (χ3v) is 4.48. The summed E-state index contributed by atoms with van der Waals surface area (Å²) in [5, 5.41) is 2.87. The number of rotatable bonds is 6. The minimum atomic E-state index is -0.0518. The molecular formula is C18H19N3O2S. The molecule has 1 aromatic carbocycles. The lowest BCUT2D eigenvalue weighted by Gasteiger charge is -2.09. The van der Waals surface area contributed by atoms with E-state index < -0.39 is 0 Å². The van der Waals surface area contributed by atoms with Crippen molar-refractivity contribution in [3.05, 3.63) is 60.0 Å². The van der Waals surface area contributed by atoms with Crippen molar-refractivity contribution < 1.29 is 9.53 Å². The fourth-order valence-electron chi connectivity index (χ4n) is 2.41. The summed E-state index contributed by atoms with van der Waals surface area (Å²) in [6.45, 7) is 2.05. The van der Waals surface area contributed by atoms with Crippen LogP contribution in [0, 0.1) is 6.92 Å². The number of nitrogens with one attached hydrogen (secondary N) is 1. The molecule has 0 bridgehead atoms. The number of hydrogen-bond donors (Lipinski definition) is 1. The summed E-state index contributed by atoms with van der Waals surface area (Å²) in [7, 11) is 1.59. The number of thioether (sulfide) groups is 1. The number of nitrogens with zero attached hydrogens (tertiary/aromatic N) is 2. The van der Waals surface area contributed by atoms with E-state index in [0.29, 0.717) is 22.9 Å². The molecule has 0 aliphatic carbocycles. The molecule has 124 valence electrons. The minimum absolute atomic E-state index is 0.0518. The van der Waals surface area contributed by atoms with Crippen LogP contribution >= 0.6 is 11.8 Å². The molecule has 3 rings (SSSR count). The number of aryl methyl sites for hydroxylation is 1.